The minimum Gasteiger partial charge on any atom is -0.456 e. The van der Waals surface area contributed by atoms with Crippen molar-refractivity contribution in [3.05, 3.63) is 11.8 Å². The van der Waals surface area contributed by atoms with Crippen molar-refractivity contribution < 1.29 is 23.9 Å². The molecule has 4 amide bonds. The largest absolute Gasteiger partial charge is 0.456 e. The Hall–Kier alpha value is -2.91. The van der Waals surface area contributed by atoms with Crippen LogP contribution >= 0.6 is 0 Å². The quantitative estimate of drug-likeness (QED) is 0.548. The van der Waals surface area contributed by atoms with Crippen molar-refractivity contribution >= 4 is 29.6 Å². The first-order valence-corrected chi connectivity index (χ1v) is 9.41. The molecule has 1 saturated carbocycles. The van der Waals surface area contributed by atoms with Crippen molar-refractivity contribution in [3.8, 4) is 0 Å². The summed E-state index contributed by atoms with van der Waals surface area (Å²) in [6.45, 7) is 1.28. The molecule has 1 aromatic rings. The molecule has 28 heavy (non-hydrogen) atoms. The summed E-state index contributed by atoms with van der Waals surface area (Å²) in [6, 6.07) is 1.22. The number of aryl methyl sites for hydroxylation is 2. The molecule has 152 valence electrons. The minimum atomic E-state index is -0.805. The van der Waals surface area contributed by atoms with Gasteiger partial charge < -0.3 is 15.4 Å². The topological polar surface area (TPSA) is 123 Å². The SMILES string of the molecule is Cc1cc(NC(=O)COC(=O)CCN2C(=O)NC3(CCCCC3)C2=O)n(C)n1. The third kappa shape index (κ3) is 4.15. The van der Waals surface area contributed by atoms with Crippen molar-refractivity contribution in [1.29, 1.82) is 0 Å². The van der Waals surface area contributed by atoms with Gasteiger partial charge in [0.05, 0.1) is 12.1 Å². The van der Waals surface area contributed by atoms with Gasteiger partial charge in [0.25, 0.3) is 11.8 Å². The number of anilines is 1. The van der Waals surface area contributed by atoms with Crippen molar-refractivity contribution in [3.63, 3.8) is 0 Å². The molecule has 2 heterocycles. The average Bonchev–Trinajstić information content (AvgIpc) is 3.08. The number of imide groups is 1. The van der Waals surface area contributed by atoms with E-state index in [9.17, 15) is 19.2 Å². The lowest BCUT2D eigenvalue weighted by molar-refractivity contribution is -0.147. The number of esters is 1. The number of ether oxygens (including phenoxy) is 1. The smallest absolute Gasteiger partial charge is 0.325 e. The summed E-state index contributed by atoms with van der Waals surface area (Å²) in [5, 5.41) is 9.48. The maximum Gasteiger partial charge on any atom is 0.325 e. The van der Waals surface area contributed by atoms with Gasteiger partial charge in [-0.3, -0.25) is 24.0 Å². The summed E-state index contributed by atoms with van der Waals surface area (Å²) >= 11 is 0. The van der Waals surface area contributed by atoms with Gasteiger partial charge in [-0.25, -0.2) is 4.79 Å². The molecule has 2 fully saturated rings. The van der Waals surface area contributed by atoms with Crippen LogP contribution in [0.3, 0.4) is 0 Å². The van der Waals surface area contributed by atoms with E-state index in [1.54, 1.807) is 20.0 Å². The molecule has 0 aromatic carbocycles. The van der Waals surface area contributed by atoms with Crippen molar-refractivity contribution in [1.82, 2.24) is 20.0 Å². The molecule has 0 bridgehead atoms. The number of carbonyl (C=O) groups excluding carboxylic acids is 4. The van der Waals surface area contributed by atoms with Gasteiger partial charge in [0, 0.05) is 19.7 Å². The highest BCUT2D eigenvalue weighted by molar-refractivity contribution is 6.07. The average molecular weight is 391 g/mol. The van der Waals surface area contributed by atoms with Crippen LogP contribution in [0.1, 0.15) is 44.2 Å². The zero-order valence-electron chi connectivity index (χ0n) is 16.1. The molecule has 10 heteroatoms. The first kappa shape index (κ1) is 19.8. The fourth-order valence-electron chi connectivity index (χ4n) is 3.70. The number of rotatable bonds is 6. The van der Waals surface area contributed by atoms with Crippen LogP contribution in [0, 0.1) is 6.92 Å². The van der Waals surface area contributed by atoms with E-state index in [-0.39, 0.29) is 18.9 Å². The van der Waals surface area contributed by atoms with Crippen LogP contribution in [0.15, 0.2) is 6.07 Å². The van der Waals surface area contributed by atoms with E-state index >= 15 is 0 Å². The van der Waals surface area contributed by atoms with Crippen LogP contribution in [-0.2, 0) is 26.2 Å². The molecule has 0 unspecified atom stereocenters. The molecular formula is C18H25N5O5. The fraction of sp³-hybridized carbons (Fsp3) is 0.611. The second kappa shape index (κ2) is 7.99. The lowest BCUT2D eigenvalue weighted by atomic mass is 9.82. The van der Waals surface area contributed by atoms with E-state index in [4.69, 9.17) is 4.74 Å². The van der Waals surface area contributed by atoms with Gasteiger partial charge in [0.2, 0.25) is 0 Å². The molecular weight excluding hydrogens is 366 g/mol. The van der Waals surface area contributed by atoms with Crippen LogP contribution in [0.4, 0.5) is 10.6 Å². The molecule has 1 aromatic heterocycles. The molecule has 10 nitrogen and oxygen atoms in total. The minimum absolute atomic E-state index is 0.0617. The Balaban J connectivity index is 1.44. The number of hydrogen-bond acceptors (Lipinski definition) is 6. The Labute approximate surface area is 162 Å². The predicted octanol–water partition coefficient (Wildman–Crippen LogP) is 0.855. The summed E-state index contributed by atoms with van der Waals surface area (Å²) in [7, 11) is 1.69. The van der Waals surface area contributed by atoms with E-state index in [0.717, 1.165) is 29.9 Å². The molecule has 1 aliphatic carbocycles. The third-order valence-corrected chi connectivity index (χ3v) is 5.13. The summed E-state index contributed by atoms with van der Waals surface area (Å²) < 4.78 is 6.45. The summed E-state index contributed by atoms with van der Waals surface area (Å²) in [4.78, 5) is 49.7. The fourth-order valence-corrected chi connectivity index (χ4v) is 3.70. The highest BCUT2D eigenvalue weighted by Gasteiger charge is 2.51. The Morgan fingerprint density at radius 3 is 2.64 bits per heavy atom. The second-order valence-corrected chi connectivity index (χ2v) is 7.28. The van der Waals surface area contributed by atoms with Crippen molar-refractivity contribution in [2.45, 2.75) is 51.0 Å². The number of hydrogen-bond donors (Lipinski definition) is 2. The Morgan fingerprint density at radius 2 is 2.00 bits per heavy atom. The molecule has 1 spiro atoms. The standard InChI is InChI=1S/C18H25N5O5/c1-12-10-13(22(2)21-12)19-14(24)11-28-15(25)6-9-23-16(26)18(20-17(23)27)7-4-3-5-8-18/h10H,3-9,11H2,1-2H3,(H,19,24)(H,20,27). The lowest BCUT2D eigenvalue weighted by Crippen LogP contribution is -2.48. The van der Waals surface area contributed by atoms with Gasteiger partial charge in [-0.05, 0) is 19.8 Å². The number of nitrogens with zero attached hydrogens (tertiary/aromatic N) is 3. The van der Waals surface area contributed by atoms with Gasteiger partial charge in [-0.2, -0.15) is 5.10 Å². The molecule has 0 atom stereocenters. The van der Waals surface area contributed by atoms with Crippen LogP contribution < -0.4 is 10.6 Å². The van der Waals surface area contributed by atoms with E-state index in [0.29, 0.717) is 18.7 Å². The summed E-state index contributed by atoms with van der Waals surface area (Å²) in [5.74, 6) is -0.918. The highest BCUT2D eigenvalue weighted by atomic mass is 16.5. The zero-order valence-corrected chi connectivity index (χ0v) is 16.1. The highest BCUT2D eigenvalue weighted by Crippen LogP contribution is 2.33. The number of nitrogens with one attached hydrogen (secondary N) is 2. The van der Waals surface area contributed by atoms with Crippen LogP contribution in [0.2, 0.25) is 0 Å². The molecule has 0 radical (unpaired) electrons. The van der Waals surface area contributed by atoms with Crippen LogP contribution in [-0.4, -0.2) is 57.2 Å². The number of urea groups is 1. The van der Waals surface area contributed by atoms with E-state index in [1.165, 1.54) is 4.68 Å². The van der Waals surface area contributed by atoms with Crippen molar-refractivity contribution in [2.24, 2.45) is 7.05 Å². The summed E-state index contributed by atoms with van der Waals surface area (Å²) in [5.41, 5.74) is -0.0560. The Morgan fingerprint density at radius 1 is 1.29 bits per heavy atom. The van der Waals surface area contributed by atoms with Gasteiger partial charge >= 0.3 is 12.0 Å². The Bertz CT molecular complexity index is 796. The molecule has 2 aliphatic rings. The maximum absolute atomic E-state index is 12.6. The van der Waals surface area contributed by atoms with Gasteiger partial charge in [0.15, 0.2) is 6.61 Å². The monoisotopic (exact) mass is 391 g/mol. The van der Waals surface area contributed by atoms with Crippen LogP contribution in [0.5, 0.6) is 0 Å². The van der Waals surface area contributed by atoms with E-state index < -0.39 is 30.1 Å². The summed E-state index contributed by atoms with van der Waals surface area (Å²) in [6.07, 6.45) is 3.95. The molecule has 3 rings (SSSR count). The van der Waals surface area contributed by atoms with Gasteiger partial charge in [-0.15, -0.1) is 0 Å². The van der Waals surface area contributed by atoms with E-state index in [1.807, 2.05) is 0 Å². The third-order valence-electron chi connectivity index (χ3n) is 5.13. The number of carbonyl (C=O) groups is 4. The lowest BCUT2D eigenvalue weighted by Gasteiger charge is -2.30. The molecule has 1 aliphatic heterocycles. The van der Waals surface area contributed by atoms with Crippen molar-refractivity contribution in [2.75, 3.05) is 18.5 Å². The molecule has 1 saturated heterocycles. The number of aromatic nitrogens is 2. The maximum atomic E-state index is 12.6. The van der Waals surface area contributed by atoms with E-state index in [2.05, 4.69) is 15.7 Å². The zero-order chi connectivity index (χ0) is 20.3. The van der Waals surface area contributed by atoms with Gasteiger partial charge in [0.1, 0.15) is 11.4 Å². The second-order valence-electron chi connectivity index (χ2n) is 7.28. The Kier molecular flexibility index (Phi) is 5.66. The first-order valence-electron chi connectivity index (χ1n) is 9.41. The van der Waals surface area contributed by atoms with Gasteiger partial charge in [-0.1, -0.05) is 19.3 Å². The van der Waals surface area contributed by atoms with Crippen LogP contribution in [0.25, 0.3) is 0 Å². The first-order chi connectivity index (χ1) is 13.3. The predicted molar refractivity (Wildman–Crippen MR) is 98.2 cm³/mol. The normalized spacial score (nSPS) is 18.3. The molecule has 2 N–H and O–H groups in total. The number of amides is 4.